The summed E-state index contributed by atoms with van der Waals surface area (Å²) < 4.78 is 1.45. The van der Waals surface area contributed by atoms with Crippen molar-refractivity contribution in [2.45, 2.75) is 18.7 Å². The summed E-state index contributed by atoms with van der Waals surface area (Å²) in [6.45, 7) is 4.57. The van der Waals surface area contributed by atoms with E-state index in [-0.39, 0.29) is 0 Å². The quantitative estimate of drug-likeness (QED) is 0.863. The van der Waals surface area contributed by atoms with Crippen LogP contribution in [0.1, 0.15) is 23.5 Å². The Balaban J connectivity index is 2.23. The number of rotatable bonds is 4. The van der Waals surface area contributed by atoms with Gasteiger partial charge < -0.3 is 0 Å². The molecule has 1 unspecified atom stereocenters. The Labute approximate surface area is 113 Å². The molecule has 1 atom stereocenters. The fourth-order valence-corrected chi connectivity index (χ4v) is 5.63. The molecule has 0 aliphatic carbocycles. The van der Waals surface area contributed by atoms with Gasteiger partial charge in [0.25, 0.3) is 0 Å². The third-order valence-electron chi connectivity index (χ3n) is 2.60. The van der Waals surface area contributed by atoms with Gasteiger partial charge in [0, 0.05) is 0 Å². The number of thiophene rings is 1. The van der Waals surface area contributed by atoms with Crippen LogP contribution in [0.5, 0.6) is 0 Å². The van der Waals surface area contributed by atoms with Gasteiger partial charge in [-0.25, -0.2) is 0 Å². The van der Waals surface area contributed by atoms with E-state index in [0.29, 0.717) is 25.7 Å². The van der Waals surface area contributed by atoms with Crippen molar-refractivity contribution in [3.8, 4) is 0 Å². The van der Waals surface area contributed by atoms with Crippen molar-refractivity contribution in [2.24, 2.45) is 5.92 Å². The number of nitrogens with two attached hydrogens (primary N) is 1. The first-order valence-corrected chi connectivity index (χ1v) is 8.45. The number of benzene rings is 1. The third kappa shape index (κ3) is 3.12. The van der Waals surface area contributed by atoms with Crippen LogP contribution in [0.15, 0.2) is 41.8 Å². The molecule has 0 aliphatic heterocycles. The summed E-state index contributed by atoms with van der Waals surface area (Å²) in [6.07, 6.45) is 0. The van der Waals surface area contributed by atoms with Crippen LogP contribution in [0.25, 0.3) is 0 Å². The van der Waals surface area contributed by atoms with E-state index in [1.54, 1.807) is 11.3 Å². The molecule has 17 heavy (non-hydrogen) atoms. The van der Waals surface area contributed by atoms with E-state index in [9.17, 15) is 0 Å². The van der Waals surface area contributed by atoms with Crippen LogP contribution in [0, 0.1) is 5.92 Å². The summed E-state index contributed by atoms with van der Waals surface area (Å²) in [6, 6.07) is 12.8. The zero-order valence-corrected chi connectivity index (χ0v) is 12.6. The maximum atomic E-state index is 6.05. The Hall–Kier alpha value is -0.761. The Morgan fingerprint density at radius 3 is 2.35 bits per heavy atom. The molecule has 0 spiro atoms. The summed E-state index contributed by atoms with van der Waals surface area (Å²) in [5.41, 5.74) is 7.02. The van der Waals surface area contributed by atoms with Gasteiger partial charge >= 0.3 is 113 Å². The summed E-state index contributed by atoms with van der Waals surface area (Å²) in [7, 11) is 0. The third-order valence-corrected chi connectivity index (χ3v) is 7.26. The molecule has 0 saturated heterocycles. The molecule has 0 amide bonds. The van der Waals surface area contributed by atoms with Gasteiger partial charge in [-0.05, 0) is 0 Å². The molecule has 2 rings (SSSR count). The first kappa shape index (κ1) is 12.7. The van der Waals surface area contributed by atoms with Gasteiger partial charge in [0.15, 0.2) is 0 Å². The average molecular weight is 310 g/mol. The molecule has 0 aliphatic rings. The van der Waals surface area contributed by atoms with Crippen molar-refractivity contribution in [3.63, 3.8) is 0 Å². The van der Waals surface area contributed by atoms with Gasteiger partial charge in [0.1, 0.15) is 0 Å². The van der Waals surface area contributed by atoms with Crippen molar-refractivity contribution >= 4 is 36.4 Å². The number of nitrogen functional groups attached to an aromatic ring is 1. The van der Waals surface area contributed by atoms with Crippen LogP contribution in [-0.2, 0) is 0 Å². The van der Waals surface area contributed by atoms with E-state index in [1.165, 1.54) is 9.34 Å². The van der Waals surface area contributed by atoms with E-state index in [0.717, 1.165) is 5.69 Å². The molecule has 3 heteroatoms. The molecule has 90 valence electrons. The average Bonchev–Trinajstić information content (AvgIpc) is 2.73. The van der Waals surface area contributed by atoms with Crippen LogP contribution in [0.3, 0.4) is 0 Å². The zero-order valence-electron chi connectivity index (χ0n) is 10.1. The van der Waals surface area contributed by atoms with Gasteiger partial charge in [0.2, 0.25) is 0 Å². The van der Waals surface area contributed by atoms with E-state index >= 15 is 0 Å². The van der Waals surface area contributed by atoms with Crippen molar-refractivity contribution < 1.29 is 0 Å². The van der Waals surface area contributed by atoms with Crippen molar-refractivity contribution in [2.75, 3.05) is 5.73 Å². The van der Waals surface area contributed by atoms with Crippen LogP contribution < -0.4 is 10.2 Å². The zero-order chi connectivity index (χ0) is 12.3. The fraction of sp³-hybridized carbons (Fsp3) is 0.286. The van der Waals surface area contributed by atoms with E-state index in [2.05, 4.69) is 49.6 Å². The molecule has 0 fully saturated rings. The molecule has 1 aromatic heterocycles. The maximum absolute atomic E-state index is 6.05. The van der Waals surface area contributed by atoms with Crippen LogP contribution in [0.4, 0.5) is 5.69 Å². The number of hydrogen-bond acceptors (Lipinski definition) is 2. The molecule has 2 N–H and O–H groups in total. The van der Waals surface area contributed by atoms with Crippen LogP contribution in [0.2, 0.25) is 0 Å². The molecule has 1 aromatic carbocycles. The molecular weight excluding hydrogens is 293 g/mol. The van der Waals surface area contributed by atoms with Gasteiger partial charge in [0.05, 0.1) is 0 Å². The van der Waals surface area contributed by atoms with Crippen molar-refractivity contribution in [1.82, 2.24) is 0 Å². The number of anilines is 1. The number of hydrogen-bond donors (Lipinski definition) is 1. The predicted molar refractivity (Wildman–Crippen MR) is 78.1 cm³/mol. The Bertz CT molecular complexity index is 464. The molecule has 0 bridgehead atoms. The van der Waals surface area contributed by atoms with E-state index in [4.69, 9.17) is 5.73 Å². The second-order valence-electron chi connectivity index (χ2n) is 4.34. The molecule has 1 heterocycles. The summed E-state index contributed by atoms with van der Waals surface area (Å²) in [5.74, 6) is 0.635. The minimum atomic E-state index is 0.453. The Morgan fingerprint density at radius 1 is 1.12 bits per heavy atom. The summed E-state index contributed by atoms with van der Waals surface area (Å²) in [4.78, 5) is 1.95. The SMILES string of the molecule is CC(C)C([Se]c1ccccc1)c1sccc1N. The van der Waals surface area contributed by atoms with Gasteiger partial charge in [-0.2, -0.15) is 0 Å². The fourth-order valence-electron chi connectivity index (χ4n) is 1.70. The van der Waals surface area contributed by atoms with E-state index < -0.39 is 0 Å². The first-order valence-electron chi connectivity index (χ1n) is 5.73. The standard InChI is InChI=1S/C14H17NSSe/c1-10(2)14(13-12(15)8-9-16-13)17-11-6-4-3-5-7-11/h3-10,14H,15H2,1-2H3. The van der Waals surface area contributed by atoms with E-state index in [1.807, 2.05) is 6.07 Å². The normalized spacial score (nSPS) is 12.9. The summed E-state index contributed by atoms with van der Waals surface area (Å²) >= 11 is 2.25. The van der Waals surface area contributed by atoms with Crippen LogP contribution in [-0.4, -0.2) is 15.0 Å². The second kappa shape index (κ2) is 5.72. The molecule has 1 nitrogen and oxygen atoms in total. The van der Waals surface area contributed by atoms with Crippen molar-refractivity contribution in [3.05, 3.63) is 46.7 Å². The molecular formula is C14H17NSSe. The molecule has 0 radical (unpaired) electrons. The molecule has 0 saturated carbocycles. The first-order chi connectivity index (χ1) is 8.18. The summed E-state index contributed by atoms with van der Waals surface area (Å²) in [5, 5.41) is 2.10. The van der Waals surface area contributed by atoms with Gasteiger partial charge in [-0.3, -0.25) is 0 Å². The minimum absolute atomic E-state index is 0.453. The van der Waals surface area contributed by atoms with Crippen LogP contribution >= 0.6 is 11.3 Å². The topological polar surface area (TPSA) is 26.0 Å². The second-order valence-corrected chi connectivity index (χ2v) is 7.83. The Morgan fingerprint density at radius 2 is 1.82 bits per heavy atom. The van der Waals surface area contributed by atoms with Gasteiger partial charge in [-0.1, -0.05) is 0 Å². The van der Waals surface area contributed by atoms with Gasteiger partial charge in [-0.15, -0.1) is 0 Å². The van der Waals surface area contributed by atoms with Crippen molar-refractivity contribution in [1.29, 1.82) is 0 Å². The monoisotopic (exact) mass is 311 g/mol. The Kier molecular flexibility index (Phi) is 4.27. The molecule has 2 aromatic rings. The predicted octanol–water partition coefficient (Wildman–Crippen LogP) is 3.06.